The number of nitrogens with one attached hydrogen (secondary N) is 1. The number of likely N-dealkylation sites (N-methyl/N-ethyl adjacent to an activating group) is 1. The second-order valence-electron chi connectivity index (χ2n) is 7.55. The molecule has 5 nitrogen and oxygen atoms in total. The van der Waals surface area contributed by atoms with Crippen molar-refractivity contribution in [3.05, 3.63) is 60.2 Å². The van der Waals surface area contributed by atoms with Gasteiger partial charge in [-0.25, -0.2) is 0 Å². The first-order chi connectivity index (χ1) is 14.1. The fraction of sp³-hybridized carbons (Fsp3) is 0.417. The molecule has 2 aromatic rings. The van der Waals surface area contributed by atoms with Gasteiger partial charge in [-0.15, -0.1) is 0 Å². The molecule has 0 aromatic heterocycles. The number of carbonyl (C=O) groups is 2. The summed E-state index contributed by atoms with van der Waals surface area (Å²) < 4.78 is 5.90. The number of para-hydroxylation sites is 2. The summed E-state index contributed by atoms with van der Waals surface area (Å²) >= 11 is 0. The van der Waals surface area contributed by atoms with Crippen LogP contribution in [-0.4, -0.2) is 31.0 Å². The Bertz CT molecular complexity index is 816. The first-order valence-corrected chi connectivity index (χ1v) is 10.5. The molecule has 29 heavy (non-hydrogen) atoms. The molecular weight excluding hydrogens is 364 g/mol. The zero-order chi connectivity index (χ0) is 20.6. The van der Waals surface area contributed by atoms with Crippen LogP contribution in [0.25, 0.3) is 0 Å². The van der Waals surface area contributed by atoms with E-state index in [-0.39, 0.29) is 17.9 Å². The van der Waals surface area contributed by atoms with Gasteiger partial charge >= 0.3 is 0 Å². The minimum absolute atomic E-state index is 0.121. The van der Waals surface area contributed by atoms with Crippen LogP contribution in [0.2, 0.25) is 0 Å². The normalized spacial score (nSPS) is 15.4. The Morgan fingerprint density at radius 3 is 2.38 bits per heavy atom. The molecule has 154 valence electrons. The Kier molecular flexibility index (Phi) is 7.28. The third-order valence-electron chi connectivity index (χ3n) is 5.45. The second kappa shape index (κ2) is 10.1. The lowest BCUT2D eigenvalue weighted by Gasteiger charge is -2.27. The molecule has 0 spiro atoms. The first-order valence-electron chi connectivity index (χ1n) is 10.5. The van der Waals surface area contributed by atoms with Crippen molar-refractivity contribution in [3.8, 4) is 5.75 Å². The van der Waals surface area contributed by atoms with E-state index >= 15 is 0 Å². The zero-order valence-electron chi connectivity index (χ0n) is 17.3. The van der Waals surface area contributed by atoms with Gasteiger partial charge in [0.1, 0.15) is 5.75 Å². The maximum atomic E-state index is 13.1. The van der Waals surface area contributed by atoms with E-state index in [1.54, 1.807) is 13.1 Å². The van der Waals surface area contributed by atoms with Gasteiger partial charge in [-0.2, -0.15) is 0 Å². The molecule has 1 aliphatic carbocycles. The summed E-state index contributed by atoms with van der Waals surface area (Å²) in [5, 5.41) is 3.14. The highest BCUT2D eigenvalue weighted by molar-refractivity contribution is 6.05. The highest BCUT2D eigenvalue weighted by atomic mass is 16.5. The van der Waals surface area contributed by atoms with Crippen LogP contribution in [0.5, 0.6) is 5.75 Å². The van der Waals surface area contributed by atoms with Gasteiger partial charge in [0.05, 0.1) is 11.3 Å². The van der Waals surface area contributed by atoms with Gasteiger partial charge in [-0.05, 0) is 43.5 Å². The van der Waals surface area contributed by atoms with Crippen LogP contribution in [-0.2, 0) is 4.79 Å². The summed E-state index contributed by atoms with van der Waals surface area (Å²) in [6.45, 7) is 1.92. The summed E-state index contributed by atoms with van der Waals surface area (Å²) in [5.41, 5.74) is 1.12. The van der Waals surface area contributed by atoms with Gasteiger partial charge in [0.15, 0.2) is 6.10 Å². The number of rotatable bonds is 7. The Balaban J connectivity index is 1.74. The number of amides is 2. The number of hydrogen-bond acceptors (Lipinski definition) is 3. The number of carbonyl (C=O) groups excluding carboxylic acids is 2. The monoisotopic (exact) mass is 394 g/mol. The minimum atomic E-state index is -0.614. The number of anilines is 1. The molecule has 1 fully saturated rings. The summed E-state index contributed by atoms with van der Waals surface area (Å²) in [6.07, 6.45) is 5.50. The van der Waals surface area contributed by atoms with Gasteiger partial charge < -0.3 is 15.0 Å². The fourth-order valence-corrected chi connectivity index (χ4v) is 3.77. The third-order valence-corrected chi connectivity index (χ3v) is 5.45. The minimum Gasteiger partial charge on any atom is -0.481 e. The van der Waals surface area contributed by atoms with E-state index in [9.17, 15) is 9.59 Å². The maximum Gasteiger partial charge on any atom is 0.267 e. The number of nitrogens with zero attached hydrogens (tertiary/aromatic N) is 1. The van der Waals surface area contributed by atoms with Crippen LogP contribution in [0.3, 0.4) is 0 Å². The second-order valence-corrected chi connectivity index (χ2v) is 7.55. The van der Waals surface area contributed by atoms with Gasteiger partial charge in [-0.3, -0.25) is 9.59 Å². The van der Waals surface area contributed by atoms with Gasteiger partial charge in [-0.1, -0.05) is 56.5 Å². The summed E-state index contributed by atoms with van der Waals surface area (Å²) in [7, 11) is 1.70. The highest BCUT2D eigenvalue weighted by Crippen LogP contribution is 2.23. The van der Waals surface area contributed by atoms with E-state index in [0.29, 0.717) is 23.4 Å². The van der Waals surface area contributed by atoms with Crippen LogP contribution >= 0.6 is 0 Å². The first kappa shape index (κ1) is 20.9. The van der Waals surface area contributed by atoms with Crippen LogP contribution in [0.1, 0.15) is 55.8 Å². The molecule has 3 rings (SSSR count). The van der Waals surface area contributed by atoms with Crippen LogP contribution in [0.4, 0.5) is 5.69 Å². The summed E-state index contributed by atoms with van der Waals surface area (Å²) in [4.78, 5) is 27.6. The van der Waals surface area contributed by atoms with Crippen molar-refractivity contribution in [1.29, 1.82) is 0 Å². The lowest BCUT2D eigenvalue weighted by molar-refractivity contribution is -0.125. The van der Waals surface area contributed by atoms with Gasteiger partial charge in [0.25, 0.3) is 11.8 Å². The van der Waals surface area contributed by atoms with Crippen molar-refractivity contribution in [3.63, 3.8) is 0 Å². The molecule has 5 heteroatoms. The van der Waals surface area contributed by atoms with Crippen molar-refractivity contribution in [2.75, 3.05) is 11.9 Å². The van der Waals surface area contributed by atoms with Crippen molar-refractivity contribution in [2.24, 2.45) is 0 Å². The number of hydrogen-bond donors (Lipinski definition) is 1. The van der Waals surface area contributed by atoms with E-state index in [1.165, 1.54) is 11.3 Å². The number of ether oxygens (including phenoxy) is 1. The lowest BCUT2D eigenvalue weighted by Crippen LogP contribution is -2.41. The van der Waals surface area contributed by atoms with Crippen molar-refractivity contribution in [2.45, 2.75) is 57.6 Å². The molecule has 0 heterocycles. The van der Waals surface area contributed by atoms with E-state index in [4.69, 9.17) is 4.74 Å². The molecule has 1 atom stereocenters. The summed E-state index contributed by atoms with van der Waals surface area (Å²) in [5.74, 6) is 0.364. The van der Waals surface area contributed by atoms with Crippen molar-refractivity contribution >= 4 is 17.5 Å². The average Bonchev–Trinajstić information content (AvgIpc) is 2.78. The van der Waals surface area contributed by atoms with E-state index in [1.807, 2.05) is 55.5 Å². The maximum absolute atomic E-state index is 13.1. The molecule has 2 amide bonds. The topological polar surface area (TPSA) is 58.6 Å². The Morgan fingerprint density at radius 1 is 1.03 bits per heavy atom. The largest absolute Gasteiger partial charge is 0.481 e. The summed E-state index contributed by atoms with van der Waals surface area (Å²) in [6, 6.07) is 16.8. The van der Waals surface area contributed by atoms with Crippen molar-refractivity contribution in [1.82, 2.24) is 5.32 Å². The molecular formula is C24H30N2O3. The van der Waals surface area contributed by atoms with E-state index in [2.05, 4.69) is 5.32 Å². The van der Waals surface area contributed by atoms with Crippen LogP contribution in [0, 0.1) is 0 Å². The van der Waals surface area contributed by atoms with Gasteiger partial charge in [0, 0.05) is 13.1 Å². The predicted molar refractivity (Wildman–Crippen MR) is 115 cm³/mol. The lowest BCUT2D eigenvalue weighted by atomic mass is 9.95. The molecule has 1 N–H and O–H groups in total. The SMILES string of the molecule is CCC(Oc1ccccc1)C(=O)N(C)c1ccccc1C(=O)NC1CCCCC1. The standard InChI is InChI=1S/C24H30N2O3/c1-3-22(29-19-14-8-5-9-15-19)24(28)26(2)21-17-11-10-16-20(21)23(27)25-18-12-6-4-7-13-18/h5,8-11,14-18,22H,3-4,6-7,12-13H2,1-2H3,(H,25,27). The Morgan fingerprint density at radius 2 is 1.69 bits per heavy atom. The molecule has 0 saturated heterocycles. The van der Waals surface area contributed by atoms with Crippen LogP contribution in [0.15, 0.2) is 54.6 Å². The highest BCUT2D eigenvalue weighted by Gasteiger charge is 2.26. The fourth-order valence-electron chi connectivity index (χ4n) is 3.77. The van der Waals surface area contributed by atoms with E-state index in [0.717, 1.165) is 25.7 Å². The molecule has 1 unspecified atom stereocenters. The van der Waals surface area contributed by atoms with Gasteiger partial charge in [0.2, 0.25) is 0 Å². The molecule has 2 aromatic carbocycles. The zero-order valence-corrected chi connectivity index (χ0v) is 17.3. The smallest absolute Gasteiger partial charge is 0.267 e. The number of benzene rings is 2. The van der Waals surface area contributed by atoms with E-state index < -0.39 is 6.10 Å². The van der Waals surface area contributed by atoms with Crippen LogP contribution < -0.4 is 15.0 Å². The Labute approximate surface area is 173 Å². The predicted octanol–water partition coefficient (Wildman–Crippen LogP) is 4.57. The molecule has 0 radical (unpaired) electrons. The Hall–Kier alpha value is -2.82. The molecule has 0 bridgehead atoms. The quantitative estimate of drug-likeness (QED) is 0.748. The average molecular weight is 395 g/mol. The molecule has 1 saturated carbocycles. The van der Waals surface area contributed by atoms with Crippen molar-refractivity contribution < 1.29 is 14.3 Å². The third kappa shape index (κ3) is 5.37. The molecule has 0 aliphatic heterocycles. The molecule has 1 aliphatic rings.